The van der Waals surface area contributed by atoms with E-state index < -0.39 is 11.6 Å². The number of thiophene rings is 1. The maximum atomic E-state index is 13.3. The van der Waals surface area contributed by atoms with Crippen LogP contribution < -0.4 is 5.32 Å². The maximum absolute atomic E-state index is 13.3. The monoisotopic (exact) mass is 466 g/mol. The van der Waals surface area contributed by atoms with Gasteiger partial charge in [-0.25, -0.2) is 4.79 Å². The first-order chi connectivity index (χ1) is 15.8. The Labute approximate surface area is 196 Å². The van der Waals surface area contributed by atoms with Gasteiger partial charge in [0.1, 0.15) is 23.6 Å². The highest BCUT2D eigenvalue weighted by atomic mass is 32.1. The largest absolute Gasteiger partial charge is 0.445 e. The second kappa shape index (κ2) is 9.21. The topological polar surface area (TPSA) is 113 Å². The number of hydrogen-bond acceptors (Lipinski definition) is 7. The molecule has 9 nitrogen and oxygen atoms in total. The van der Waals surface area contributed by atoms with Crippen LogP contribution in [0.4, 0.5) is 4.79 Å². The summed E-state index contributed by atoms with van der Waals surface area (Å²) >= 11 is 1.32. The summed E-state index contributed by atoms with van der Waals surface area (Å²) in [5.74, 6) is -0.165. The van der Waals surface area contributed by atoms with Crippen LogP contribution in [0.3, 0.4) is 0 Å². The third-order valence-corrected chi connectivity index (χ3v) is 7.42. The molecule has 0 bridgehead atoms. The molecule has 2 amide bonds. The SMILES string of the molecule is CN1C(=N)N[C@](C)(c2ccc(C#N)s2)[C@@H](N2CCN(C(=O)OCc3ccccc3)CC2)C1=O. The van der Waals surface area contributed by atoms with Crippen molar-refractivity contribution in [3.63, 3.8) is 0 Å². The fourth-order valence-corrected chi connectivity index (χ4v) is 5.24. The van der Waals surface area contributed by atoms with Crippen molar-refractivity contribution in [1.82, 2.24) is 20.0 Å². The van der Waals surface area contributed by atoms with Crippen LogP contribution in [0.2, 0.25) is 0 Å². The van der Waals surface area contributed by atoms with Crippen LogP contribution in [0.1, 0.15) is 22.2 Å². The average molecular weight is 467 g/mol. The summed E-state index contributed by atoms with van der Waals surface area (Å²) in [4.78, 5) is 32.2. The molecular formula is C23H26N6O3S. The van der Waals surface area contributed by atoms with E-state index in [1.165, 1.54) is 16.2 Å². The van der Waals surface area contributed by atoms with Crippen molar-refractivity contribution in [2.75, 3.05) is 33.2 Å². The first-order valence-corrected chi connectivity index (χ1v) is 11.5. The second-order valence-corrected chi connectivity index (χ2v) is 9.40. The predicted molar refractivity (Wildman–Crippen MR) is 124 cm³/mol. The van der Waals surface area contributed by atoms with Crippen molar-refractivity contribution in [3.05, 3.63) is 57.8 Å². The van der Waals surface area contributed by atoms with Crippen molar-refractivity contribution < 1.29 is 14.3 Å². The molecule has 0 aliphatic carbocycles. The molecule has 2 aliphatic heterocycles. The third kappa shape index (κ3) is 4.42. The molecule has 2 aliphatic rings. The number of piperazine rings is 1. The molecule has 0 unspecified atom stereocenters. The van der Waals surface area contributed by atoms with Gasteiger partial charge >= 0.3 is 6.09 Å². The normalized spacial score (nSPS) is 23.7. The Kier molecular flexibility index (Phi) is 6.35. The molecule has 172 valence electrons. The molecule has 2 saturated heterocycles. The maximum Gasteiger partial charge on any atom is 0.410 e. The molecular weight excluding hydrogens is 440 g/mol. The van der Waals surface area contributed by atoms with Gasteiger partial charge in [0, 0.05) is 38.1 Å². The lowest BCUT2D eigenvalue weighted by atomic mass is 9.85. The number of rotatable bonds is 4. The molecule has 1 aromatic heterocycles. The van der Waals surface area contributed by atoms with Gasteiger partial charge in [-0.15, -0.1) is 11.3 Å². The van der Waals surface area contributed by atoms with E-state index in [1.807, 2.05) is 48.2 Å². The van der Waals surface area contributed by atoms with E-state index in [0.29, 0.717) is 31.1 Å². The Bertz CT molecular complexity index is 1090. The number of amides is 2. The molecule has 0 radical (unpaired) electrons. The zero-order chi connectivity index (χ0) is 23.6. The van der Waals surface area contributed by atoms with Crippen LogP contribution in [0, 0.1) is 16.7 Å². The Morgan fingerprint density at radius 3 is 2.58 bits per heavy atom. The average Bonchev–Trinajstić information content (AvgIpc) is 3.33. The van der Waals surface area contributed by atoms with Gasteiger partial charge in [0.2, 0.25) is 5.91 Å². The van der Waals surface area contributed by atoms with Crippen LogP contribution in [0.15, 0.2) is 42.5 Å². The predicted octanol–water partition coefficient (Wildman–Crippen LogP) is 2.15. The van der Waals surface area contributed by atoms with Crippen molar-refractivity contribution in [3.8, 4) is 6.07 Å². The zero-order valence-corrected chi connectivity index (χ0v) is 19.4. The summed E-state index contributed by atoms with van der Waals surface area (Å²) < 4.78 is 5.45. The summed E-state index contributed by atoms with van der Waals surface area (Å²) in [5.41, 5.74) is 0.0634. The minimum absolute atomic E-state index is 0.0220. The van der Waals surface area contributed by atoms with Gasteiger partial charge in [-0.2, -0.15) is 5.26 Å². The highest BCUT2D eigenvalue weighted by Crippen LogP contribution is 2.36. The van der Waals surface area contributed by atoms with Crippen LogP contribution in [-0.2, 0) is 21.7 Å². The number of benzene rings is 1. The highest BCUT2D eigenvalue weighted by Gasteiger charge is 2.51. The molecule has 2 N–H and O–H groups in total. The van der Waals surface area contributed by atoms with Crippen LogP contribution in [-0.4, -0.2) is 71.9 Å². The molecule has 2 aromatic rings. The van der Waals surface area contributed by atoms with Gasteiger partial charge in [0.25, 0.3) is 0 Å². The molecule has 33 heavy (non-hydrogen) atoms. The van der Waals surface area contributed by atoms with E-state index in [1.54, 1.807) is 18.0 Å². The van der Waals surface area contributed by atoms with Gasteiger partial charge in [-0.05, 0) is 24.6 Å². The van der Waals surface area contributed by atoms with E-state index in [0.717, 1.165) is 10.4 Å². The van der Waals surface area contributed by atoms with Crippen molar-refractivity contribution in [2.24, 2.45) is 0 Å². The van der Waals surface area contributed by atoms with Gasteiger partial charge in [0.05, 0.1) is 5.54 Å². The van der Waals surface area contributed by atoms with Crippen molar-refractivity contribution in [1.29, 1.82) is 10.7 Å². The Morgan fingerprint density at radius 1 is 1.24 bits per heavy atom. The fraction of sp³-hybridized carbons (Fsp3) is 0.391. The molecule has 0 spiro atoms. The molecule has 3 heterocycles. The number of carbonyl (C=O) groups is 2. The zero-order valence-electron chi connectivity index (χ0n) is 18.6. The quantitative estimate of drug-likeness (QED) is 0.714. The summed E-state index contributed by atoms with van der Waals surface area (Å²) in [5, 5.41) is 20.7. The summed E-state index contributed by atoms with van der Waals surface area (Å²) in [6.07, 6.45) is -0.370. The number of nitrogens with one attached hydrogen (secondary N) is 2. The minimum atomic E-state index is -0.865. The van der Waals surface area contributed by atoms with Crippen LogP contribution in [0.25, 0.3) is 0 Å². The van der Waals surface area contributed by atoms with E-state index in [2.05, 4.69) is 11.4 Å². The van der Waals surface area contributed by atoms with Gasteiger partial charge in [-0.3, -0.25) is 20.0 Å². The second-order valence-electron chi connectivity index (χ2n) is 8.31. The van der Waals surface area contributed by atoms with Gasteiger partial charge < -0.3 is 15.0 Å². The molecule has 10 heteroatoms. The number of likely N-dealkylation sites (N-methyl/N-ethyl adjacent to an activating group) is 1. The first-order valence-electron chi connectivity index (χ1n) is 10.7. The van der Waals surface area contributed by atoms with E-state index in [-0.39, 0.29) is 24.6 Å². The van der Waals surface area contributed by atoms with Crippen LogP contribution in [0.5, 0.6) is 0 Å². The Hall–Kier alpha value is -3.42. The Morgan fingerprint density at radius 2 is 1.94 bits per heavy atom. The van der Waals surface area contributed by atoms with Crippen molar-refractivity contribution in [2.45, 2.75) is 25.1 Å². The lowest BCUT2D eigenvalue weighted by molar-refractivity contribution is -0.138. The Balaban J connectivity index is 1.46. The van der Waals surface area contributed by atoms with E-state index in [4.69, 9.17) is 10.1 Å². The molecule has 2 atom stereocenters. The molecule has 1 aromatic carbocycles. The number of guanidine groups is 1. The van der Waals surface area contributed by atoms with Crippen LogP contribution >= 0.6 is 11.3 Å². The number of carbonyl (C=O) groups excluding carboxylic acids is 2. The standard InChI is InChI=1S/C23H26N6O3S/c1-23(18-9-8-17(14-24)33-18)19(20(30)27(2)21(25)26-23)28-10-12-29(13-11-28)22(31)32-15-16-6-4-3-5-7-16/h3-9,19H,10-13,15H2,1-2H3,(H2,25,26)/t19-,23+/m0/s1. The smallest absolute Gasteiger partial charge is 0.410 e. The summed E-state index contributed by atoms with van der Waals surface area (Å²) in [6, 6.07) is 14.7. The number of nitrogens with zero attached hydrogens (tertiary/aromatic N) is 4. The van der Waals surface area contributed by atoms with Gasteiger partial charge in [0.15, 0.2) is 5.96 Å². The van der Waals surface area contributed by atoms with E-state index >= 15 is 0 Å². The first kappa shape index (κ1) is 22.8. The van der Waals surface area contributed by atoms with Gasteiger partial charge in [-0.1, -0.05) is 30.3 Å². The highest BCUT2D eigenvalue weighted by molar-refractivity contribution is 7.12. The third-order valence-electron chi connectivity index (χ3n) is 6.20. The lowest BCUT2D eigenvalue weighted by Gasteiger charge is -2.50. The van der Waals surface area contributed by atoms with E-state index in [9.17, 15) is 14.9 Å². The number of ether oxygens (including phenoxy) is 1. The minimum Gasteiger partial charge on any atom is -0.445 e. The summed E-state index contributed by atoms with van der Waals surface area (Å²) in [7, 11) is 1.58. The molecule has 4 rings (SSSR count). The lowest BCUT2D eigenvalue weighted by Crippen LogP contribution is -2.72. The number of nitriles is 1. The molecule has 0 saturated carbocycles. The summed E-state index contributed by atoms with van der Waals surface area (Å²) in [6.45, 7) is 3.96. The molecule has 2 fully saturated rings. The van der Waals surface area contributed by atoms with Crippen molar-refractivity contribution >= 4 is 29.3 Å². The number of hydrogen-bond donors (Lipinski definition) is 2. The fourth-order valence-electron chi connectivity index (χ4n) is 4.31.